The number of aryl methyl sites for hydroxylation is 1. The van der Waals surface area contributed by atoms with E-state index in [1.807, 2.05) is 22.9 Å². The van der Waals surface area contributed by atoms with E-state index < -0.39 is 0 Å². The number of hydrogen-bond donors (Lipinski definition) is 0. The molecule has 1 aliphatic rings. The Hall–Kier alpha value is -2.37. The Balaban J connectivity index is 1.73. The number of ether oxygens (including phenoxy) is 1. The Labute approximate surface area is 123 Å². The molecule has 0 saturated carbocycles. The molecule has 6 nitrogen and oxygen atoms in total. The Bertz CT molecular complexity index is 611. The van der Waals surface area contributed by atoms with Gasteiger partial charge in [-0.3, -0.25) is 0 Å². The van der Waals surface area contributed by atoms with Gasteiger partial charge in [0.05, 0.1) is 31.6 Å². The molecule has 0 bridgehead atoms. The van der Waals surface area contributed by atoms with Gasteiger partial charge in [-0.25, -0.2) is 9.48 Å². The molecule has 0 N–H and O–H groups in total. The summed E-state index contributed by atoms with van der Waals surface area (Å²) in [7, 11) is 1.41. The van der Waals surface area contributed by atoms with Crippen LogP contribution in [0.3, 0.4) is 0 Å². The fourth-order valence-electron chi connectivity index (χ4n) is 2.74. The smallest absolute Gasteiger partial charge is 0.409 e. The molecule has 0 aliphatic carbocycles. The second kappa shape index (κ2) is 5.95. The minimum atomic E-state index is -0.299. The van der Waals surface area contributed by atoms with Crippen molar-refractivity contribution < 1.29 is 9.53 Å². The van der Waals surface area contributed by atoms with E-state index in [4.69, 9.17) is 4.74 Å². The Kier molecular flexibility index (Phi) is 3.85. The van der Waals surface area contributed by atoms with Crippen molar-refractivity contribution in [2.45, 2.75) is 25.4 Å². The van der Waals surface area contributed by atoms with Gasteiger partial charge in [-0.05, 0) is 18.4 Å². The number of rotatable bonds is 3. The molecule has 0 radical (unpaired) electrons. The van der Waals surface area contributed by atoms with Crippen LogP contribution in [0, 0.1) is 0 Å². The minimum absolute atomic E-state index is 0.135. The van der Waals surface area contributed by atoms with Crippen molar-refractivity contribution in [2.75, 3.05) is 13.7 Å². The average Bonchev–Trinajstić information content (AvgIpc) is 3.01. The van der Waals surface area contributed by atoms with Crippen LogP contribution in [0.25, 0.3) is 0 Å². The summed E-state index contributed by atoms with van der Waals surface area (Å²) in [6.45, 7) is 1.11. The van der Waals surface area contributed by atoms with Crippen LogP contribution in [0.15, 0.2) is 36.5 Å². The number of carbonyl (C=O) groups excluding carboxylic acids is 1. The fourth-order valence-corrected chi connectivity index (χ4v) is 2.74. The van der Waals surface area contributed by atoms with Gasteiger partial charge in [-0.15, -0.1) is 5.10 Å². The number of nitrogens with zero attached hydrogens (tertiary/aromatic N) is 4. The number of aromatic nitrogens is 3. The van der Waals surface area contributed by atoms with Crippen LogP contribution >= 0.6 is 0 Å². The summed E-state index contributed by atoms with van der Waals surface area (Å²) < 4.78 is 6.76. The summed E-state index contributed by atoms with van der Waals surface area (Å²) in [5.74, 6) is 0. The van der Waals surface area contributed by atoms with E-state index in [1.54, 1.807) is 11.1 Å². The first-order chi connectivity index (χ1) is 10.3. The maximum atomic E-state index is 11.8. The van der Waals surface area contributed by atoms with Crippen LogP contribution in [0.5, 0.6) is 0 Å². The van der Waals surface area contributed by atoms with E-state index in [2.05, 4.69) is 22.4 Å². The van der Waals surface area contributed by atoms with Crippen molar-refractivity contribution in [3.05, 3.63) is 47.8 Å². The molecular weight excluding hydrogens is 268 g/mol. The molecule has 6 heteroatoms. The van der Waals surface area contributed by atoms with E-state index in [-0.39, 0.29) is 12.1 Å². The van der Waals surface area contributed by atoms with E-state index >= 15 is 0 Å². The zero-order valence-electron chi connectivity index (χ0n) is 12.0. The SMILES string of the molecule is COC(=O)N1Cc2cnnn2C(CCc2ccccc2)C1. The number of amides is 1. The highest BCUT2D eigenvalue weighted by atomic mass is 16.5. The van der Waals surface area contributed by atoms with Crippen molar-refractivity contribution in [1.29, 1.82) is 0 Å². The van der Waals surface area contributed by atoms with E-state index in [1.165, 1.54) is 12.7 Å². The molecular formula is C15H18N4O2. The maximum absolute atomic E-state index is 11.8. The topological polar surface area (TPSA) is 60.2 Å². The highest BCUT2D eigenvalue weighted by Gasteiger charge is 2.29. The van der Waals surface area contributed by atoms with Crippen molar-refractivity contribution in [3.63, 3.8) is 0 Å². The van der Waals surface area contributed by atoms with Gasteiger partial charge < -0.3 is 9.64 Å². The summed E-state index contributed by atoms with van der Waals surface area (Å²) in [5, 5.41) is 8.12. The summed E-state index contributed by atoms with van der Waals surface area (Å²) in [6, 6.07) is 10.5. The van der Waals surface area contributed by atoms with E-state index in [0.29, 0.717) is 13.1 Å². The summed E-state index contributed by atoms with van der Waals surface area (Å²) in [6.07, 6.45) is 3.27. The van der Waals surface area contributed by atoms with Crippen LogP contribution in [-0.4, -0.2) is 39.6 Å². The van der Waals surface area contributed by atoms with Crippen LogP contribution in [0.2, 0.25) is 0 Å². The lowest BCUT2D eigenvalue weighted by molar-refractivity contribution is 0.0998. The Morgan fingerprint density at radius 3 is 2.95 bits per heavy atom. The lowest BCUT2D eigenvalue weighted by Crippen LogP contribution is -2.41. The molecule has 2 aromatic rings. The van der Waals surface area contributed by atoms with Crippen LogP contribution in [0.4, 0.5) is 4.79 Å². The summed E-state index contributed by atoms with van der Waals surface area (Å²) in [5.41, 5.74) is 2.24. The molecule has 0 spiro atoms. The van der Waals surface area contributed by atoms with Crippen molar-refractivity contribution in [2.24, 2.45) is 0 Å². The van der Waals surface area contributed by atoms with Gasteiger partial charge in [0.15, 0.2) is 0 Å². The molecule has 2 heterocycles. The molecule has 1 aromatic carbocycles. The quantitative estimate of drug-likeness (QED) is 0.866. The standard InChI is InChI=1S/C15H18N4O2/c1-21-15(20)18-10-13(19-14(11-18)9-16-17-19)8-7-12-5-3-2-4-6-12/h2-6,9,13H,7-8,10-11H2,1H3. The first kappa shape index (κ1) is 13.6. The molecule has 0 fully saturated rings. The number of hydrogen-bond acceptors (Lipinski definition) is 4. The first-order valence-corrected chi connectivity index (χ1v) is 7.04. The second-order valence-corrected chi connectivity index (χ2v) is 5.20. The van der Waals surface area contributed by atoms with Crippen molar-refractivity contribution in [3.8, 4) is 0 Å². The van der Waals surface area contributed by atoms with Gasteiger partial charge in [0.25, 0.3) is 0 Å². The molecule has 1 amide bonds. The number of benzene rings is 1. The largest absolute Gasteiger partial charge is 0.453 e. The molecule has 1 unspecified atom stereocenters. The number of carbonyl (C=O) groups is 1. The number of methoxy groups -OCH3 is 1. The lowest BCUT2D eigenvalue weighted by atomic mass is 10.0. The van der Waals surface area contributed by atoms with Crippen LogP contribution < -0.4 is 0 Å². The molecule has 1 atom stereocenters. The summed E-state index contributed by atoms with van der Waals surface area (Å²) >= 11 is 0. The third kappa shape index (κ3) is 2.89. The van der Waals surface area contributed by atoms with Crippen molar-refractivity contribution in [1.82, 2.24) is 19.9 Å². The molecule has 3 rings (SSSR count). The van der Waals surface area contributed by atoms with Gasteiger partial charge in [0.2, 0.25) is 0 Å². The van der Waals surface area contributed by atoms with Crippen LogP contribution in [0.1, 0.15) is 23.7 Å². The summed E-state index contributed by atoms with van der Waals surface area (Å²) in [4.78, 5) is 13.5. The van der Waals surface area contributed by atoms with E-state index in [9.17, 15) is 4.79 Å². The zero-order chi connectivity index (χ0) is 14.7. The van der Waals surface area contributed by atoms with Gasteiger partial charge in [-0.2, -0.15) is 0 Å². The average molecular weight is 286 g/mol. The fraction of sp³-hybridized carbons (Fsp3) is 0.400. The van der Waals surface area contributed by atoms with Gasteiger partial charge in [0, 0.05) is 6.54 Å². The molecule has 1 aliphatic heterocycles. The van der Waals surface area contributed by atoms with Gasteiger partial charge >= 0.3 is 6.09 Å². The third-order valence-electron chi connectivity index (χ3n) is 3.82. The highest BCUT2D eigenvalue weighted by molar-refractivity contribution is 5.67. The van der Waals surface area contributed by atoms with Crippen molar-refractivity contribution >= 4 is 6.09 Å². The first-order valence-electron chi connectivity index (χ1n) is 7.04. The molecule has 21 heavy (non-hydrogen) atoms. The maximum Gasteiger partial charge on any atom is 0.409 e. The van der Waals surface area contributed by atoms with E-state index in [0.717, 1.165) is 18.5 Å². The predicted octanol–water partition coefficient (Wildman–Crippen LogP) is 2.03. The van der Waals surface area contributed by atoms with Crippen LogP contribution in [-0.2, 0) is 17.7 Å². The van der Waals surface area contributed by atoms with Gasteiger partial charge in [-0.1, -0.05) is 35.5 Å². The molecule has 110 valence electrons. The highest BCUT2D eigenvalue weighted by Crippen LogP contribution is 2.24. The predicted molar refractivity (Wildman–Crippen MR) is 76.6 cm³/mol. The van der Waals surface area contributed by atoms with Gasteiger partial charge in [0.1, 0.15) is 0 Å². The normalized spacial score (nSPS) is 17.4. The molecule has 1 aromatic heterocycles. The Morgan fingerprint density at radius 2 is 2.19 bits per heavy atom. The lowest BCUT2D eigenvalue weighted by Gasteiger charge is -2.32. The third-order valence-corrected chi connectivity index (χ3v) is 3.82. The molecule has 0 saturated heterocycles. The number of fused-ring (bicyclic) bond motifs is 1. The monoisotopic (exact) mass is 286 g/mol. The zero-order valence-corrected chi connectivity index (χ0v) is 12.0. The minimum Gasteiger partial charge on any atom is -0.453 e. The second-order valence-electron chi connectivity index (χ2n) is 5.20. The Morgan fingerprint density at radius 1 is 1.38 bits per heavy atom.